The first-order valence-corrected chi connectivity index (χ1v) is 5.12. The van der Waals surface area contributed by atoms with Crippen molar-refractivity contribution < 1.29 is 5.11 Å². The Hall–Kier alpha value is -2.20. The maximum atomic E-state index is 9.79. The molecule has 2 aromatic carbocycles. The Morgan fingerprint density at radius 2 is 1.75 bits per heavy atom. The summed E-state index contributed by atoms with van der Waals surface area (Å²) in [6.07, 6.45) is 5.76. The monoisotopic (exact) mass is 208 g/mol. The van der Waals surface area contributed by atoms with E-state index < -0.39 is 0 Å². The van der Waals surface area contributed by atoms with Gasteiger partial charge in [0.15, 0.2) is 0 Å². The highest BCUT2D eigenvalue weighted by Gasteiger charge is 2.07. The molecule has 0 bridgehead atoms. The van der Waals surface area contributed by atoms with Gasteiger partial charge in [-0.2, -0.15) is 0 Å². The van der Waals surface area contributed by atoms with Crippen molar-refractivity contribution in [3.63, 3.8) is 0 Å². The zero-order valence-corrected chi connectivity index (χ0v) is 8.85. The molecular formula is C15H12O. The first kappa shape index (κ1) is 10.3. The first-order chi connectivity index (χ1) is 7.83. The summed E-state index contributed by atoms with van der Waals surface area (Å²) in [6.45, 7) is 0. The van der Waals surface area contributed by atoms with Crippen molar-refractivity contribution >= 4 is 0 Å². The molecule has 0 radical (unpaired) electrons. The Morgan fingerprint density at radius 3 is 2.44 bits per heavy atom. The van der Waals surface area contributed by atoms with E-state index in [4.69, 9.17) is 6.42 Å². The van der Waals surface area contributed by atoms with Gasteiger partial charge in [0.1, 0.15) is 5.75 Å². The van der Waals surface area contributed by atoms with Crippen molar-refractivity contribution in [2.45, 2.75) is 6.42 Å². The third-order valence-corrected chi connectivity index (χ3v) is 2.51. The van der Waals surface area contributed by atoms with E-state index in [1.165, 1.54) is 0 Å². The van der Waals surface area contributed by atoms with Crippen LogP contribution in [0.3, 0.4) is 0 Å². The van der Waals surface area contributed by atoms with E-state index in [1.54, 1.807) is 6.07 Å². The van der Waals surface area contributed by atoms with Crippen LogP contribution in [0.15, 0.2) is 48.5 Å². The lowest BCUT2D eigenvalue weighted by atomic mass is 9.97. The minimum Gasteiger partial charge on any atom is -0.508 e. The maximum absolute atomic E-state index is 9.79. The topological polar surface area (TPSA) is 20.2 Å². The van der Waals surface area contributed by atoms with Gasteiger partial charge in [0.25, 0.3) is 0 Å². The zero-order valence-electron chi connectivity index (χ0n) is 8.85. The summed E-state index contributed by atoms with van der Waals surface area (Å²) in [4.78, 5) is 0. The van der Waals surface area contributed by atoms with Crippen molar-refractivity contribution in [1.29, 1.82) is 0 Å². The molecule has 0 heterocycles. The molecule has 1 nitrogen and oxygen atoms in total. The Balaban J connectivity index is 2.57. The number of aromatic hydroxyl groups is 1. The predicted octanol–water partition coefficient (Wildman–Crippen LogP) is 3.23. The quantitative estimate of drug-likeness (QED) is 0.751. The second kappa shape index (κ2) is 4.55. The number of phenolic OH excluding ortho intramolecular Hbond substituents is 1. The minimum absolute atomic E-state index is 0.263. The van der Waals surface area contributed by atoms with Gasteiger partial charge in [0.2, 0.25) is 0 Å². The lowest BCUT2D eigenvalue weighted by Gasteiger charge is -2.09. The predicted molar refractivity (Wildman–Crippen MR) is 66.1 cm³/mol. The molecule has 0 aliphatic carbocycles. The summed E-state index contributed by atoms with van der Waals surface area (Å²) in [7, 11) is 0. The summed E-state index contributed by atoms with van der Waals surface area (Å²) in [5.74, 6) is 2.84. The second-order valence-electron chi connectivity index (χ2n) is 3.55. The molecule has 1 N–H and O–H groups in total. The lowest BCUT2D eigenvalue weighted by molar-refractivity contribution is 0.470. The van der Waals surface area contributed by atoms with Gasteiger partial charge in [-0.1, -0.05) is 42.5 Å². The van der Waals surface area contributed by atoms with E-state index in [2.05, 4.69) is 5.92 Å². The highest BCUT2D eigenvalue weighted by atomic mass is 16.3. The molecule has 0 unspecified atom stereocenters. The van der Waals surface area contributed by atoms with Crippen LogP contribution in [-0.2, 0) is 6.42 Å². The van der Waals surface area contributed by atoms with Crippen molar-refractivity contribution in [1.82, 2.24) is 0 Å². The molecule has 0 aliphatic heterocycles. The molecule has 1 heteroatoms. The fourth-order valence-electron chi connectivity index (χ4n) is 1.75. The van der Waals surface area contributed by atoms with Crippen molar-refractivity contribution in [2.24, 2.45) is 0 Å². The number of phenols is 1. The number of benzene rings is 2. The molecule has 0 fully saturated rings. The van der Waals surface area contributed by atoms with Crippen LogP contribution in [0, 0.1) is 12.3 Å². The minimum atomic E-state index is 0.263. The van der Waals surface area contributed by atoms with E-state index in [-0.39, 0.29) is 5.75 Å². The molecular weight excluding hydrogens is 196 g/mol. The zero-order chi connectivity index (χ0) is 11.4. The van der Waals surface area contributed by atoms with Crippen LogP contribution in [0.5, 0.6) is 5.75 Å². The molecule has 0 amide bonds. The second-order valence-corrected chi connectivity index (χ2v) is 3.55. The molecule has 0 saturated heterocycles. The number of hydrogen-bond acceptors (Lipinski definition) is 1. The highest BCUT2D eigenvalue weighted by molar-refractivity contribution is 5.70. The molecule has 0 aromatic heterocycles. The van der Waals surface area contributed by atoms with Crippen molar-refractivity contribution in [3.05, 3.63) is 54.1 Å². The lowest BCUT2D eigenvalue weighted by Crippen LogP contribution is -1.89. The maximum Gasteiger partial charge on any atom is 0.120 e. The largest absolute Gasteiger partial charge is 0.508 e. The molecule has 78 valence electrons. The van der Waals surface area contributed by atoms with Crippen LogP contribution in [0.2, 0.25) is 0 Å². The summed E-state index contributed by atoms with van der Waals surface area (Å²) >= 11 is 0. The summed E-state index contributed by atoms with van der Waals surface area (Å²) < 4.78 is 0. The number of hydrogen-bond donors (Lipinski definition) is 1. The fraction of sp³-hybridized carbons (Fsp3) is 0.0667. The molecule has 0 atom stereocenters. The van der Waals surface area contributed by atoms with Crippen LogP contribution in [0.1, 0.15) is 5.56 Å². The molecule has 2 rings (SSSR count). The first-order valence-electron chi connectivity index (χ1n) is 5.12. The van der Waals surface area contributed by atoms with E-state index in [0.29, 0.717) is 6.42 Å². The Kier molecular flexibility index (Phi) is 2.93. The third-order valence-electron chi connectivity index (χ3n) is 2.51. The van der Waals surface area contributed by atoms with Crippen molar-refractivity contribution in [2.75, 3.05) is 0 Å². The van der Waals surface area contributed by atoms with Crippen LogP contribution < -0.4 is 0 Å². The van der Waals surface area contributed by atoms with E-state index >= 15 is 0 Å². The number of rotatable bonds is 2. The summed E-state index contributed by atoms with van der Waals surface area (Å²) in [5, 5.41) is 9.79. The standard InChI is InChI=1S/C15H12O/c1-2-7-14-13(10-6-11-15(14)16)12-8-4-3-5-9-12/h1,3-6,8-11,16H,7H2. The van der Waals surface area contributed by atoms with Crippen molar-refractivity contribution in [3.8, 4) is 29.2 Å². The molecule has 0 spiro atoms. The van der Waals surface area contributed by atoms with Crippen LogP contribution >= 0.6 is 0 Å². The van der Waals surface area contributed by atoms with Gasteiger partial charge in [-0.05, 0) is 17.2 Å². The Morgan fingerprint density at radius 1 is 1.00 bits per heavy atom. The summed E-state index contributed by atoms with van der Waals surface area (Å²) in [5.41, 5.74) is 2.89. The highest BCUT2D eigenvalue weighted by Crippen LogP contribution is 2.29. The van der Waals surface area contributed by atoms with Gasteiger partial charge >= 0.3 is 0 Å². The van der Waals surface area contributed by atoms with Crippen LogP contribution in [0.4, 0.5) is 0 Å². The third kappa shape index (κ3) is 1.92. The molecule has 2 aromatic rings. The van der Waals surface area contributed by atoms with Gasteiger partial charge in [0.05, 0.1) is 0 Å². The Labute approximate surface area is 95.4 Å². The van der Waals surface area contributed by atoms with E-state index in [0.717, 1.165) is 16.7 Å². The van der Waals surface area contributed by atoms with Gasteiger partial charge < -0.3 is 5.11 Å². The SMILES string of the molecule is C#CCc1c(O)cccc1-c1ccccc1. The summed E-state index contributed by atoms with van der Waals surface area (Å²) in [6, 6.07) is 15.4. The van der Waals surface area contributed by atoms with E-state index in [1.807, 2.05) is 42.5 Å². The van der Waals surface area contributed by atoms with Crippen LogP contribution in [0.25, 0.3) is 11.1 Å². The van der Waals surface area contributed by atoms with E-state index in [9.17, 15) is 5.11 Å². The van der Waals surface area contributed by atoms with Gasteiger partial charge in [-0.25, -0.2) is 0 Å². The molecule has 16 heavy (non-hydrogen) atoms. The average Bonchev–Trinajstić information content (AvgIpc) is 2.33. The van der Waals surface area contributed by atoms with Gasteiger partial charge in [0, 0.05) is 12.0 Å². The van der Waals surface area contributed by atoms with Gasteiger partial charge in [-0.15, -0.1) is 12.3 Å². The van der Waals surface area contributed by atoms with Crippen LogP contribution in [-0.4, -0.2) is 5.11 Å². The van der Waals surface area contributed by atoms with Gasteiger partial charge in [-0.3, -0.25) is 0 Å². The number of terminal acetylenes is 1. The molecule has 0 saturated carbocycles. The normalized spacial score (nSPS) is 9.69. The average molecular weight is 208 g/mol. The fourth-order valence-corrected chi connectivity index (χ4v) is 1.75. The molecule has 0 aliphatic rings. The Bertz CT molecular complexity index is 521. The smallest absolute Gasteiger partial charge is 0.120 e.